The third-order valence-electron chi connectivity index (χ3n) is 2.23. The molecule has 0 spiro atoms. The molecule has 0 fully saturated rings. The standard InChI is InChI=1S/C11H22N4S/c1-8(2)9(6-13-11(3,4)5)16-10-12-7-14-15-10/h7-9,13H,6H2,1-5H3,(H,12,14,15). The van der Waals surface area contributed by atoms with E-state index in [0.29, 0.717) is 11.2 Å². The highest BCUT2D eigenvalue weighted by Crippen LogP contribution is 2.24. The summed E-state index contributed by atoms with van der Waals surface area (Å²) in [4.78, 5) is 4.15. The van der Waals surface area contributed by atoms with Gasteiger partial charge < -0.3 is 5.32 Å². The predicted octanol–water partition coefficient (Wildman–Crippen LogP) is 2.31. The van der Waals surface area contributed by atoms with Crippen molar-refractivity contribution in [3.8, 4) is 0 Å². The predicted molar refractivity (Wildman–Crippen MR) is 68.6 cm³/mol. The van der Waals surface area contributed by atoms with Gasteiger partial charge in [-0.15, -0.1) is 0 Å². The van der Waals surface area contributed by atoms with Crippen LogP contribution in [-0.4, -0.2) is 32.5 Å². The van der Waals surface area contributed by atoms with Crippen LogP contribution in [0, 0.1) is 5.92 Å². The van der Waals surface area contributed by atoms with Crippen LogP contribution in [0.3, 0.4) is 0 Å². The van der Waals surface area contributed by atoms with Crippen LogP contribution in [0.15, 0.2) is 11.5 Å². The van der Waals surface area contributed by atoms with Gasteiger partial charge in [0.2, 0.25) is 0 Å². The first kappa shape index (κ1) is 13.5. The molecule has 16 heavy (non-hydrogen) atoms. The Balaban J connectivity index is 2.48. The minimum Gasteiger partial charge on any atom is -0.311 e. The van der Waals surface area contributed by atoms with Gasteiger partial charge in [0.25, 0.3) is 0 Å². The molecule has 0 amide bonds. The third kappa shape index (κ3) is 4.99. The normalized spacial score (nSPS) is 14.4. The molecule has 0 bridgehead atoms. The summed E-state index contributed by atoms with van der Waals surface area (Å²) in [7, 11) is 0. The molecule has 0 saturated carbocycles. The zero-order valence-electron chi connectivity index (χ0n) is 10.7. The van der Waals surface area contributed by atoms with Crippen molar-refractivity contribution in [2.24, 2.45) is 5.92 Å². The van der Waals surface area contributed by atoms with Crippen LogP contribution in [0.2, 0.25) is 0 Å². The van der Waals surface area contributed by atoms with Crippen LogP contribution in [0.4, 0.5) is 0 Å². The van der Waals surface area contributed by atoms with Crippen molar-refractivity contribution < 1.29 is 0 Å². The SMILES string of the molecule is CC(C)C(CNC(C)(C)C)Sc1ncn[nH]1. The lowest BCUT2D eigenvalue weighted by atomic mass is 10.1. The molecule has 1 atom stereocenters. The first-order valence-corrected chi connectivity index (χ1v) is 6.53. The number of rotatable bonds is 5. The molecule has 4 nitrogen and oxygen atoms in total. The van der Waals surface area contributed by atoms with Gasteiger partial charge in [-0.1, -0.05) is 25.6 Å². The van der Waals surface area contributed by atoms with Gasteiger partial charge in [0.15, 0.2) is 5.16 Å². The van der Waals surface area contributed by atoms with Crippen LogP contribution in [0.25, 0.3) is 0 Å². The summed E-state index contributed by atoms with van der Waals surface area (Å²) in [5.74, 6) is 0.602. The fourth-order valence-corrected chi connectivity index (χ4v) is 2.15. The van der Waals surface area contributed by atoms with E-state index in [2.05, 4.69) is 55.1 Å². The molecule has 1 aromatic heterocycles. The van der Waals surface area contributed by atoms with E-state index in [9.17, 15) is 0 Å². The second-order valence-corrected chi connectivity index (χ2v) is 6.55. The van der Waals surface area contributed by atoms with E-state index in [4.69, 9.17) is 0 Å². The molecule has 0 aliphatic rings. The Morgan fingerprint density at radius 3 is 2.56 bits per heavy atom. The topological polar surface area (TPSA) is 53.6 Å². The van der Waals surface area contributed by atoms with Gasteiger partial charge in [-0.25, -0.2) is 4.98 Å². The number of hydrogen-bond donors (Lipinski definition) is 2. The minimum atomic E-state index is 0.162. The Bertz CT molecular complexity index is 289. The van der Waals surface area contributed by atoms with E-state index in [-0.39, 0.29) is 5.54 Å². The minimum absolute atomic E-state index is 0.162. The lowest BCUT2D eigenvalue weighted by molar-refractivity contribution is 0.407. The fraction of sp³-hybridized carbons (Fsp3) is 0.818. The number of nitrogens with zero attached hydrogens (tertiary/aromatic N) is 2. The fourth-order valence-electron chi connectivity index (χ4n) is 1.21. The summed E-state index contributed by atoms with van der Waals surface area (Å²) in [6, 6.07) is 0. The molecule has 1 rings (SSSR count). The molecule has 0 aliphatic carbocycles. The molecule has 1 aromatic rings. The van der Waals surface area contributed by atoms with E-state index < -0.39 is 0 Å². The molecule has 0 aliphatic heterocycles. The van der Waals surface area contributed by atoms with Crippen molar-refractivity contribution in [1.82, 2.24) is 20.5 Å². The lowest BCUT2D eigenvalue weighted by Gasteiger charge is -2.26. The Kier molecular flexibility index (Phi) is 4.80. The number of nitrogens with one attached hydrogen (secondary N) is 2. The lowest BCUT2D eigenvalue weighted by Crippen LogP contribution is -2.41. The van der Waals surface area contributed by atoms with E-state index in [1.54, 1.807) is 18.1 Å². The van der Waals surface area contributed by atoms with Gasteiger partial charge in [0, 0.05) is 17.3 Å². The van der Waals surface area contributed by atoms with Crippen molar-refractivity contribution in [3.63, 3.8) is 0 Å². The highest BCUT2D eigenvalue weighted by molar-refractivity contribution is 7.99. The van der Waals surface area contributed by atoms with Crippen LogP contribution in [0.1, 0.15) is 34.6 Å². The number of H-pyrrole nitrogens is 1. The van der Waals surface area contributed by atoms with Crippen molar-refractivity contribution in [3.05, 3.63) is 6.33 Å². The van der Waals surface area contributed by atoms with Crippen LogP contribution < -0.4 is 5.32 Å². The first-order chi connectivity index (χ1) is 7.38. The summed E-state index contributed by atoms with van der Waals surface area (Å²) in [6.07, 6.45) is 1.55. The Morgan fingerprint density at radius 1 is 1.44 bits per heavy atom. The van der Waals surface area contributed by atoms with Gasteiger partial charge in [0.05, 0.1) is 0 Å². The summed E-state index contributed by atoms with van der Waals surface area (Å²) >= 11 is 1.75. The van der Waals surface area contributed by atoms with Gasteiger partial charge in [-0.3, -0.25) is 5.10 Å². The van der Waals surface area contributed by atoms with Gasteiger partial charge in [-0.05, 0) is 26.7 Å². The maximum absolute atomic E-state index is 4.15. The van der Waals surface area contributed by atoms with Crippen LogP contribution in [0.5, 0.6) is 0 Å². The molecule has 0 saturated heterocycles. The van der Waals surface area contributed by atoms with Crippen molar-refractivity contribution in [2.45, 2.75) is 50.6 Å². The molecular weight excluding hydrogens is 220 g/mol. The van der Waals surface area contributed by atoms with Gasteiger partial charge in [0.1, 0.15) is 6.33 Å². The molecule has 92 valence electrons. The van der Waals surface area contributed by atoms with E-state index >= 15 is 0 Å². The van der Waals surface area contributed by atoms with E-state index in [0.717, 1.165) is 11.7 Å². The van der Waals surface area contributed by atoms with E-state index in [1.807, 2.05) is 0 Å². The summed E-state index contributed by atoms with van der Waals surface area (Å²) in [5.41, 5.74) is 0.162. The Morgan fingerprint density at radius 2 is 2.12 bits per heavy atom. The molecule has 1 unspecified atom stereocenters. The number of aromatic amines is 1. The molecule has 0 aromatic carbocycles. The maximum Gasteiger partial charge on any atom is 0.183 e. The second kappa shape index (κ2) is 5.68. The molecule has 5 heteroatoms. The van der Waals surface area contributed by atoms with Gasteiger partial charge in [-0.2, -0.15) is 5.10 Å². The number of thioether (sulfide) groups is 1. The summed E-state index contributed by atoms with van der Waals surface area (Å²) in [6.45, 7) is 12.0. The Labute approximate surface area is 102 Å². The zero-order valence-corrected chi connectivity index (χ0v) is 11.6. The summed E-state index contributed by atoms with van der Waals surface area (Å²) in [5, 5.41) is 11.7. The van der Waals surface area contributed by atoms with Crippen LogP contribution in [-0.2, 0) is 0 Å². The molecule has 0 radical (unpaired) electrons. The van der Waals surface area contributed by atoms with Crippen molar-refractivity contribution >= 4 is 11.8 Å². The van der Waals surface area contributed by atoms with E-state index in [1.165, 1.54) is 0 Å². The summed E-state index contributed by atoms with van der Waals surface area (Å²) < 4.78 is 0. The Hall–Kier alpha value is -0.550. The van der Waals surface area contributed by atoms with Crippen molar-refractivity contribution in [2.75, 3.05) is 6.54 Å². The molecule has 2 N–H and O–H groups in total. The van der Waals surface area contributed by atoms with Crippen molar-refractivity contribution in [1.29, 1.82) is 0 Å². The average molecular weight is 242 g/mol. The zero-order chi connectivity index (χ0) is 12.2. The third-order valence-corrected chi connectivity index (χ3v) is 3.67. The smallest absolute Gasteiger partial charge is 0.183 e. The maximum atomic E-state index is 4.15. The first-order valence-electron chi connectivity index (χ1n) is 5.65. The molecule has 1 heterocycles. The highest BCUT2D eigenvalue weighted by Gasteiger charge is 2.19. The molecular formula is C11H22N4S. The highest BCUT2D eigenvalue weighted by atomic mass is 32.2. The average Bonchev–Trinajstić information content (AvgIpc) is 2.62. The monoisotopic (exact) mass is 242 g/mol. The number of hydrogen-bond acceptors (Lipinski definition) is 4. The second-order valence-electron chi connectivity index (χ2n) is 5.32. The van der Waals surface area contributed by atoms with Crippen LogP contribution >= 0.6 is 11.8 Å². The van der Waals surface area contributed by atoms with Gasteiger partial charge >= 0.3 is 0 Å². The number of aromatic nitrogens is 3. The largest absolute Gasteiger partial charge is 0.311 e. The quantitative estimate of drug-likeness (QED) is 0.778.